The standard InChI is InChI=1S/C19H27N5S2/c1-15-4-5-17(6-7-20-14-26-15)16(2)23-8-10-24(11-9-23)19-21-12-18(25-3)13-22-19/h4-6,12-16H,7-11H2,1-3H3/b5-4-,17-6+,20-14-. The van der Waals surface area contributed by atoms with E-state index in [2.05, 4.69) is 56.8 Å². The molecule has 2 unspecified atom stereocenters. The lowest BCUT2D eigenvalue weighted by Crippen LogP contribution is -2.50. The van der Waals surface area contributed by atoms with Gasteiger partial charge in [0.05, 0.1) is 12.1 Å². The SMILES string of the molecule is CSc1cnc(N2CCN(C(C)C3=C/C/N=C\SC(C)/C=C\3)CC2)nc1. The topological polar surface area (TPSA) is 44.6 Å². The zero-order valence-corrected chi connectivity index (χ0v) is 17.3. The van der Waals surface area contributed by atoms with Crippen LogP contribution in [0.3, 0.4) is 0 Å². The number of piperazine rings is 1. The molecule has 2 aliphatic rings. The number of aliphatic imine (C=N–C) groups is 1. The van der Waals surface area contributed by atoms with Crippen LogP contribution in [0.15, 0.2) is 46.1 Å². The molecule has 7 heteroatoms. The lowest BCUT2D eigenvalue weighted by molar-refractivity contribution is 0.221. The summed E-state index contributed by atoms with van der Waals surface area (Å²) in [6, 6.07) is 0.402. The largest absolute Gasteiger partial charge is 0.338 e. The van der Waals surface area contributed by atoms with Gasteiger partial charge in [0.25, 0.3) is 0 Å². The van der Waals surface area contributed by atoms with Crippen molar-refractivity contribution in [2.75, 3.05) is 43.9 Å². The number of hydrogen-bond donors (Lipinski definition) is 0. The van der Waals surface area contributed by atoms with Gasteiger partial charge in [0.1, 0.15) is 0 Å². The van der Waals surface area contributed by atoms with E-state index in [-0.39, 0.29) is 0 Å². The van der Waals surface area contributed by atoms with Crippen LogP contribution in [0.1, 0.15) is 13.8 Å². The molecule has 0 aliphatic carbocycles. The molecule has 0 saturated carbocycles. The van der Waals surface area contributed by atoms with Crippen molar-refractivity contribution in [1.82, 2.24) is 14.9 Å². The molecule has 1 aromatic heterocycles. The van der Waals surface area contributed by atoms with Gasteiger partial charge in [-0.1, -0.05) is 18.2 Å². The fourth-order valence-corrected chi connectivity index (χ4v) is 3.96. The van der Waals surface area contributed by atoms with Gasteiger partial charge in [-0.3, -0.25) is 9.89 Å². The molecule has 1 aromatic rings. The maximum Gasteiger partial charge on any atom is 0.225 e. The van der Waals surface area contributed by atoms with Gasteiger partial charge in [-0.25, -0.2) is 9.97 Å². The number of aromatic nitrogens is 2. The first-order valence-electron chi connectivity index (χ1n) is 9.04. The van der Waals surface area contributed by atoms with Crippen LogP contribution >= 0.6 is 23.5 Å². The summed E-state index contributed by atoms with van der Waals surface area (Å²) in [7, 11) is 0. The van der Waals surface area contributed by atoms with Crippen LogP contribution in [0, 0.1) is 0 Å². The van der Waals surface area contributed by atoms with Crippen molar-refractivity contribution in [3.63, 3.8) is 0 Å². The van der Waals surface area contributed by atoms with Crippen LogP contribution < -0.4 is 4.90 Å². The van der Waals surface area contributed by atoms with E-state index in [0.717, 1.165) is 43.6 Å². The van der Waals surface area contributed by atoms with Crippen molar-refractivity contribution in [2.45, 2.75) is 30.0 Å². The minimum atomic E-state index is 0.402. The van der Waals surface area contributed by atoms with E-state index < -0.39 is 0 Å². The zero-order valence-electron chi connectivity index (χ0n) is 15.7. The quantitative estimate of drug-likeness (QED) is 0.736. The summed E-state index contributed by atoms with van der Waals surface area (Å²) < 4.78 is 0. The van der Waals surface area contributed by atoms with Gasteiger partial charge < -0.3 is 4.90 Å². The first kappa shape index (κ1) is 19.5. The van der Waals surface area contributed by atoms with Crippen LogP contribution in [0.2, 0.25) is 0 Å². The molecule has 0 N–H and O–H groups in total. The Labute approximate surface area is 165 Å². The van der Waals surface area contributed by atoms with Gasteiger partial charge in [0.2, 0.25) is 5.95 Å². The molecule has 0 radical (unpaired) electrons. The van der Waals surface area contributed by atoms with Gasteiger partial charge in [0.15, 0.2) is 0 Å². The van der Waals surface area contributed by atoms with Crippen molar-refractivity contribution >= 4 is 35.0 Å². The van der Waals surface area contributed by atoms with Crippen LogP contribution in [0.25, 0.3) is 0 Å². The highest BCUT2D eigenvalue weighted by atomic mass is 32.2. The average molecular weight is 390 g/mol. The summed E-state index contributed by atoms with van der Waals surface area (Å²) in [4.78, 5) is 19.4. The summed E-state index contributed by atoms with van der Waals surface area (Å²) in [5.41, 5.74) is 3.34. The van der Waals surface area contributed by atoms with Gasteiger partial charge >= 0.3 is 0 Å². The lowest BCUT2D eigenvalue weighted by atomic mass is 10.0. The van der Waals surface area contributed by atoms with Crippen LogP contribution in [-0.4, -0.2) is 70.7 Å². The van der Waals surface area contributed by atoms with Crippen LogP contribution in [0.5, 0.6) is 0 Å². The fraction of sp³-hybridized carbons (Fsp3) is 0.526. The number of rotatable bonds is 4. The van der Waals surface area contributed by atoms with E-state index in [1.165, 1.54) is 5.57 Å². The maximum absolute atomic E-state index is 4.51. The minimum Gasteiger partial charge on any atom is -0.338 e. The number of thioether (sulfide) groups is 2. The molecule has 0 aromatic carbocycles. The summed E-state index contributed by atoms with van der Waals surface area (Å²) in [6.07, 6.45) is 12.7. The Morgan fingerprint density at radius 1 is 1.19 bits per heavy atom. The predicted octanol–water partition coefficient (Wildman–Crippen LogP) is 3.36. The fourth-order valence-electron chi connectivity index (χ4n) is 3.11. The Kier molecular flexibility index (Phi) is 7.16. The van der Waals surface area contributed by atoms with E-state index in [1.807, 2.05) is 24.2 Å². The van der Waals surface area contributed by atoms with Crippen molar-refractivity contribution in [2.24, 2.45) is 4.99 Å². The monoisotopic (exact) mass is 389 g/mol. The highest BCUT2D eigenvalue weighted by molar-refractivity contribution is 8.12. The predicted molar refractivity (Wildman–Crippen MR) is 115 cm³/mol. The Hall–Kier alpha value is -1.31. The molecule has 0 bridgehead atoms. The molecule has 3 rings (SSSR count). The van der Waals surface area contributed by atoms with E-state index in [0.29, 0.717) is 11.3 Å². The third kappa shape index (κ3) is 5.11. The number of nitrogens with zero attached hydrogens (tertiary/aromatic N) is 5. The minimum absolute atomic E-state index is 0.402. The number of hydrogen-bond acceptors (Lipinski definition) is 7. The van der Waals surface area contributed by atoms with E-state index in [4.69, 9.17) is 0 Å². The van der Waals surface area contributed by atoms with Gasteiger partial charge in [-0.05, 0) is 25.7 Å². The highest BCUT2D eigenvalue weighted by Crippen LogP contribution is 2.20. The van der Waals surface area contributed by atoms with Crippen molar-refractivity contribution in [3.05, 3.63) is 36.2 Å². The molecule has 2 atom stereocenters. The lowest BCUT2D eigenvalue weighted by Gasteiger charge is -2.38. The van der Waals surface area contributed by atoms with Gasteiger partial charge in [-0.15, -0.1) is 23.5 Å². The van der Waals surface area contributed by atoms with E-state index in [1.54, 1.807) is 23.5 Å². The third-order valence-electron chi connectivity index (χ3n) is 4.82. The molecular weight excluding hydrogens is 362 g/mol. The maximum atomic E-state index is 4.51. The Morgan fingerprint density at radius 2 is 1.92 bits per heavy atom. The second kappa shape index (κ2) is 9.58. The molecule has 1 saturated heterocycles. The zero-order chi connectivity index (χ0) is 18.4. The van der Waals surface area contributed by atoms with E-state index >= 15 is 0 Å². The average Bonchev–Trinajstić information content (AvgIpc) is 2.80. The summed E-state index contributed by atoms with van der Waals surface area (Å²) in [5.74, 6) is 0.844. The highest BCUT2D eigenvalue weighted by Gasteiger charge is 2.23. The van der Waals surface area contributed by atoms with Crippen LogP contribution in [-0.2, 0) is 0 Å². The van der Waals surface area contributed by atoms with Gasteiger partial charge in [-0.2, -0.15) is 0 Å². The van der Waals surface area contributed by atoms with Crippen molar-refractivity contribution < 1.29 is 0 Å². The molecule has 0 amide bonds. The van der Waals surface area contributed by atoms with Crippen molar-refractivity contribution in [1.29, 1.82) is 0 Å². The molecule has 26 heavy (non-hydrogen) atoms. The van der Waals surface area contributed by atoms with Crippen molar-refractivity contribution in [3.8, 4) is 0 Å². The smallest absolute Gasteiger partial charge is 0.225 e. The van der Waals surface area contributed by atoms with E-state index in [9.17, 15) is 0 Å². The second-order valence-corrected chi connectivity index (χ2v) is 8.60. The molecule has 1 fully saturated rings. The van der Waals surface area contributed by atoms with Crippen LogP contribution in [0.4, 0.5) is 5.95 Å². The molecular formula is C19H27N5S2. The summed E-state index contributed by atoms with van der Waals surface area (Å²) in [6.45, 7) is 9.24. The first-order valence-corrected chi connectivity index (χ1v) is 11.2. The summed E-state index contributed by atoms with van der Waals surface area (Å²) >= 11 is 3.44. The normalized spacial score (nSPS) is 27.6. The second-order valence-electron chi connectivity index (χ2n) is 6.50. The van der Waals surface area contributed by atoms with Gasteiger partial charge in [0, 0.05) is 54.8 Å². The third-order valence-corrected chi connectivity index (χ3v) is 6.36. The molecule has 5 nitrogen and oxygen atoms in total. The molecule has 0 spiro atoms. The Balaban J connectivity index is 1.60. The Morgan fingerprint density at radius 3 is 2.62 bits per heavy atom. The summed E-state index contributed by atoms with van der Waals surface area (Å²) in [5, 5.41) is 0.464. The molecule has 3 heterocycles. The molecule has 2 aliphatic heterocycles. The number of anilines is 1. The Bertz CT molecular complexity index is 663. The molecule has 140 valence electrons. The first-order chi connectivity index (χ1) is 12.7.